The Morgan fingerprint density at radius 3 is 2.70 bits per heavy atom. The van der Waals surface area contributed by atoms with E-state index in [2.05, 4.69) is 15.6 Å². The summed E-state index contributed by atoms with van der Waals surface area (Å²) >= 11 is 1.61. The van der Waals surface area contributed by atoms with Gasteiger partial charge < -0.3 is 10.6 Å². The van der Waals surface area contributed by atoms with Crippen LogP contribution in [0.15, 0.2) is 48.5 Å². The molecule has 2 amide bonds. The molecule has 0 radical (unpaired) electrons. The van der Waals surface area contributed by atoms with E-state index in [4.69, 9.17) is 0 Å². The van der Waals surface area contributed by atoms with Crippen molar-refractivity contribution in [3.8, 4) is 0 Å². The third-order valence-corrected chi connectivity index (χ3v) is 4.18. The highest BCUT2D eigenvalue weighted by Gasteiger charge is 2.08. The fraction of sp³-hybridized carbons (Fsp3) is 0.118. The second-order valence-corrected chi connectivity index (χ2v) is 6.25. The van der Waals surface area contributed by atoms with Gasteiger partial charge in [-0.1, -0.05) is 18.2 Å². The summed E-state index contributed by atoms with van der Waals surface area (Å²) in [6.07, 6.45) is 0. The number of aromatic nitrogens is 1. The van der Waals surface area contributed by atoms with Crippen molar-refractivity contribution in [2.45, 2.75) is 6.92 Å². The van der Waals surface area contributed by atoms with E-state index < -0.39 is 0 Å². The summed E-state index contributed by atoms with van der Waals surface area (Å²) in [5.74, 6) is -0.549. The molecule has 1 heterocycles. The van der Waals surface area contributed by atoms with Crippen LogP contribution in [0.4, 0.5) is 5.69 Å². The van der Waals surface area contributed by atoms with Gasteiger partial charge in [-0.25, -0.2) is 4.98 Å². The third-order valence-electron chi connectivity index (χ3n) is 3.22. The van der Waals surface area contributed by atoms with Crippen LogP contribution in [-0.2, 0) is 4.79 Å². The normalized spacial score (nSPS) is 10.5. The molecule has 5 nitrogen and oxygen atoms in total. The number of amides is 2. The summed E-state index contributed by atoms with van der Waals surface area (Å²) in [6, 6.07) is 14.4. The molecule has 3 aromatic rings. The number of nitrogens with zero attached hydrogens (tertiary/aromatic N) is 1. The SMILES string of the molecule is Cc1nc2cc(NC(=O)CNC(=O)c3ccccc3)ccc2s1. The molecule has 2 aromatic carbocycles. The van der Waals surface area contributed by atoms with Crippen LogP contribution in [0.3, 0.4) is 0 Å². The van der Waals surface area contributed by atoms with Gasteiger partial charge in [-0.05, 0) is 37.3 Å². The lowest BCUT2D eigenvalue weighted by molar-refractivity contribution is -0.115. The molecular weight excluding hydrogens is 310 g/mol. The molecular formula is C17H15N3O2S. The Balaban J connectivity index is 1.59. The first-order valence-electron chi connectivity index (χ1n) is 7.12. The summed E-state index contributed by atoms with van der Waals surface area (Å²) in [7, 11) is 0. The molecule has 116 valence electrons. The number of nitrogens with one attached hydrogen (secondary N) is 2. The van der Waals surface area contributed by atoms with Crippen molar-refractivity contribution >= 4 is 39.1 Å². The van der Waals surface area contributed by atoms with Gasteiger partial charge in [0.2, 0.25) is 5.91 Å². The smallest absolute Gasteiger partial charge is 0.251 e. The number of benzene rings is 2. The average Bonchev–Trinajstić information content (AvgIpc) is 2.92. The number of thiazole rings is 1. The zero-order valence-electron chi connectivity index (χ0n) is 12.5. The maximum absolute atomic E-state index is 11.9. The molecule has 0 aliphatic rings. The van der Waals surface area contributed by atoms with Gasteiger partial charge in [0, 0.05) is 11.3 Å². The Hall–Kier alpha value is -2.73. The molecule has 0 saturated carbocycles. The van der Waals surface area contributed by atoms with Crippen LogP contribution < -0.4 is 10.6 Å². The van der Waals surface area contributed by atoms with Crippen molar-refractivity contribution in [2.24, 2.45) is 0 Å². The molecule has 0 aliphatic carbocycles. The van der Waals surface area contributed by atoms with E-state index >= 15 is 0 Å². The zero-order valence-corrected chi connectivity index (χ0v) is 13.3. The van der Waals surface area contributed by atoms with Gasteiger partial charge in [0.15, 0.2) is 0 Å². The Labute approximate surface area is 137 Å². The van der Waals surface area contributed by atoms with Crippen molar-refractivity contribution in [2.75, 3.05) is 11.9 Å². The largest absolute Gasteiger partial charge is 0.343 e. The standard InChI is InChI=1S/C17H15N3O2S/c1-11-19-14-9-13(7-8-15(14)23-11)20-16(21)10-18-17(22)12-5-3-2-4-6-12/h2-9H,10H2,1H3,(H,18,22)(H,20,21). The fourth-order valence-corrected chi connectivity index (χ4v) is 2.99. The summed E-state index contributed by atoms with van der Waals surface area (Å²) in [4.78, 5) is 28.2. The first-order valence-corrected chi connectivity index (χ1v) is 7.94. The molecule has 3 rings (SSSR count). The number of hydrogen-bond donors (Lipinski definition) is 2. The molecule has 1 aromatic heterocycles. The minimum Gasteiger partial charge on any atom is -0.343 e. The van der Waals surface area contributed by atoms with E-state index in [0.717, 1.165) is 15.2 Å². The monoisotopic (exact) mass is 325 g/mol. The van der Waals surface area contributed by atoms with E-state index in [1.54, 1.807) is 35.6 Å². The van der Waals surface area contributed by atoms with Gasteiger partial charge in [-0.3, -0.25) is 9.59 Å². The predicted molar refractivity (Wildman–Crippen MR) is 91.8 cm³/mol. The van der Waals surface area contributed by atoms with Crippen molar-refractivity contribution in [3.63, 3.8) is 0 Å². The second kappa shape index (κ2) is 6.58. The molecule has 0 saturated heterocycles. The summed E-state index contributed by atoms with van der Waals surface area (Å²) in [5.41, 5.74) is 2.06. The van der Waals surface area contributed by atoms with E-state index in [-0.39, 0.29) is 18.4 Å². The number of rotatable bonds is 4. The Morgan fingerprint density at radius 1 is 1.13 bits per heavy atom. The van der Waals surface area contributed by atoms with E-state index in [9.17, 15) is 9.59 Å². The highest BCUT2D eigenvalue weighted by atomic mass is 32.1. The maximum Gasteiger partial charge on any atom is 0.251 e. The van der Waals surface area contributed by atoms with Crippen LogP contribution in [0, 0.1) is 6.92 Å². The quantitative estimate of drug-likeness (QED) is 0.775. The molecule has 0 bridgehead atoms. The van der Waals surface area contributed by atoms with Gasteiger partial charge in [-0.2, -0.15) is 0 Å². The van der Waals surface area contributed by atoms with Crippen LogP contribution in [0.2, 0.25) is 0 Å². The number of carbonyl (C=O) groups is 2. The van der Waals surface area contributed by atoms with E-state index in [0.29, 0.717) is 11.3 Å². The summed E-state index contributed by atoms with van der Waals surface area (Å²) < 4.78 is 1.08. The summed E-state index contributed by atoms with van der Waals surface area (Å²) in [5, 5.41) is 6.34. The minimum atomic E-state index is -0.277. The molecule has 6 heteroatoms. The molecule has 0 aliphatic heterocycles. The van der Waals surface area contributed by atoms with Crippen molar-refractivity contribution in [1.29, 1.82) is 0 Å². The molecule has 0 atom stereocenters. The number of aryl methyl sites for hydroxylation is 1. The summed E-state index contributed by atoms with van der Waals surface area (Å²) in [6.45, 7) is 1.86. The lowest BCUT2D eigenvalue weighted by atomic mass is 10.2. The Bertz CT molecular complexity index is 859. The van der Waals surface area contributed by atoms with Crippen LogP contribution in [0.1, 0.15) is 15.4 Å². The zero-order chi connectivity index (χ0) is 16.2. The fourth-order valence-electron chi connectivity index (χ4n) is 2.18. The van der Waals surface area contributed by atoms with Crippen molar-refractivity contribution < 1.29 is 9.59 Å². The molecule has 23 heavy (non-hydrogen) atoms. The van der Waals surface area contributed by atoms with Gasteiger partial charge in [0.25, 0.3) is 5.91 Å². The van der Waals surface area contributed by atoms with Gasteiger partial charge >= 0.3 is 0 Å². The Morgan fingerprint density at radius 2 is 1.91 bits per heavy atom. The predicted octanol–water partition coefficient (Wildman–Crippen LogP) is 2.97. The lowest BCUT2D eigenvalue weighted by Crippen LogP contribution is -2.32. The highest BCUT2D eigenvalue weighted by molar-refractivity contribution is 7.18. The number of fused-ring (bicyclic) bond motifs is 1. The van der Waals surface area contributed by atoms with Crippen LogP contribution in [0.25, 0.3) is 10.2 Å². The van der Waals surface area contributed by atoms with E-state index in [1.807, 2.05) is 31.2 Å². The molecule has 0 fully saturated rings. The molecule has 0 unspecified atom stereocenters. The lowest BCUT2D eigenvalue weighted by Gasteiger charge is -2.07. The first-order chi connectivity index (χ1) is 11.1. The van der Waals surface area contributed by atoms with Crippen molar-refractivity contribution in [3.05, 3.63) is 59.1 Å². The number of hydrogen-bond acceptors (Lipinski definition) is 4. The highest BCUT2D eigenvalue weighted by Crippen LogP contribution is 2.24. The topological polar surface area (TPSA) is 71.1 Å². The average molecular weight is 325 g/mol. The minimum absolute atomic E-state index is 0.0815. The van der Waals surface area contributed by atoms with Gasteiger partial charge in [0.1, 0.15) is 0 Å². The van der Waals surface area contributed by atoms with Crippen LogP contribution in [0.5, 0.6) is 0 Å². The molecule has 0 spiro atoms. The van der Waals surface area contributed by atoms with Crippen LogP contribution >= 0.6 is 11.3 Å². The second-order valence-electron chi connectivity index (χ2n) is 5.01. The van der Waals surface area contributed by atoms with Crippen LogP contribution in [-0.4, -0.2) is 23.3 Å². The third kappa shape index (κ3) is 3.73. The van der Waals surface area contributed by atoms with Gasteiger partial charge in [-0.15, -0.1) is 11.3 Å². The van der Waals surface area contributed by atoms with Gasteiger partial charge in [0.05, 0.1) is 21.8 Å². The number of carbonyl (C=O) groups excluding carboxylic acids is 2. The van der Waals surface area contributed by atoms with E-state index in [1.165, 1.54) is 0 Å². The van der Waals surface area contributed by atoms with Crippen molar-refractivity contribution in [1.82, 2.24) is 10.3 Å². The Kier molecular flexibility index (Phi) is 4.34. The number of anilines is 1. The molecule has 2 N–H and O–H groups in total. The first kappa shape index (κ1) is 15.2. The maximum atomic E-state index is 11.9.